The highest BCUT2D eigenvalue weighted by Gasteiger charge is 2.36. The van der Waals surface area contributed by atoms with Gasteiger partial charge in [0.1, 0.15) is 6.04 Å². The van der Waals surface area contributed by atoms with Crippen LogP contribution in [-0.2, 0) is 9.59 Å². The average Bonchev–Trinajstić information content (AvgIpc) is 2.71. The van der Waals surface area contributed by atoms with Crippen LogP contribution < -0.4 is 11.1 Å². The fourth-order valence-corrected chi connectivity index (χ4v) is 3.07. The molecule has 1 heterocycles. The molecule has 1 aliphatic rings. The van der Waals surface area contributed by atoms with Gasteiger partial charge in [-0.1, -0.05) is 20.8 Å². The molecule has 1 rings (SSSR count). The largest absolute Gasteiger partial charge is 0.352 e. The Balaban J connectivity index is 0.00000400. The molecule has 0 saturated carbocycles. The van der Waals surface area contributed by atoms with Crippen LogP contribution in [0.2, 0.25) is 0 Å². The zero-order valence-electron chi connectivity index (χ0n) is 13.6. The number of carbonyl (C=O) groups excluding carboxylic acids is 2. The summed E-state index contributed by atoms with van der Waals surface area (Å²) in [5.74, 6) is 1.21. The van der Waals surface area contributed by atoms with E-state index in [0.717, 1.165) is 0 Å². The zero-order valence-corrected chi connectivity index (χ0v) is 15.2. The minimum Gasteiger partial charge on any atom is -0.352 e. The maximum absolute atomic E-state index is 12.3. The van der Waals surface area contributed by atoms with Gasteiger partial charge in [-0.2, -0.15) is 0 Å². The topological polar surface area (TPSA) is 75.4 Å². The molecule has 2 amide bonds. The Kier molecular flexibility index (Phi) is 7.53. The first-order chi connectivity index (χ1) is 8.99. The lowest BCUT2D eigenvalue weighted by Gasteiger charge is -2.28. The minimum atomic E-state index is -0.443. The van der Waals surface area contributed by atoms with Gasteiger partial charge in [0, 0.05) is 24.3 Å². The van der Waals surface area contributed by atoms with Gasteiger partial charge in [-0.15, -0.1) is 24.2 Å². The van der Waals surface area contributed by atoms with Crippen LogP contribution in [0.15, 0.2) is 0 Å². The first-order valence-electron chi connectivity index (χ1n) is 6.93. The molecular formula is C14H28ClN3O2S. The molecule has 1 unspecified atom stereocenters. The molecule has 0 aromatic carbocycles. The molecule has 1 saturated heterocycles. The molecule has 1 atom stereocenters. The van der Waals surface area contributed by atoms with Crippen molar-refractivity contribution in [2.24, 2.45) is 11.1 Å². The first-order valence-corrected chi connectivity index (χ1v) is 8.09. The molecule has 0 radical (unpaired) electrons. The Bertz CT molecular complexity index is 377. The van der Waals surface area contributed by atoms with E-state index in [4.69, 9.17) is 5.73 Å². The van der Waals surface area contributed by atoms with Crippen LogP contribution in [-0.4, -0.2) is 46.5 Å². The van der Waals surface area contributed by atoms with Crippen molar-refractivity contribution in [3.05, 3.63) is 0 Å². The Morgan fingerprint density at radius 1 is 1.29 bits per heavy atom. The summed E-state index contributed by atoms with van der Waals surface area (Å²) < 4.78 is 0. The summed E-state index contributed by atoms with van der Waals surface area (Å²) in [5.41, 5.74) is 5.35. The van der Waals surface area contributed by atoms with E-state index in [1.807, 2.05) is 34.6 Å². The number of hydrogen-bond acceptors (Lipinski definition) is 4. The molecule has 0 aromatic rings. The summed E-state index contributed by atoms with van der Waals surface area (Å²) in [6.45, 7) is 10.2. The van der Waals surface area contributed by atoms with E-state index in [1.54, 1.807) is 16.7 Å². The highest BCUT2D eigenvalue weighted by Crippen LogP contribution is 2.26. The molecule has 0 aromatic heterocycles. The van der Waals surface area contributed by atoms with Crippen molar-refractivity contribution in [3.63, 3.8) is 0 Å². The van der Waals surface area contributed by atoms with Crippen molar-refractivity contribution in [2.75, 3.05) is 18.2 Å². The molecule has 21 heavy (non-hydrogen) atoms. The summed E-state index contributed by atoms with van der Waals surface area (Å²) in [4.78, 5) is 26.2. The van der Waals surface area contributed by atoms with Gasteiger partial charge < -0.3 is 16.0 Å². The van der Waals surface area contributed by atoms with Gasteiger partial charge in [0.2, 0.25) is 11.8 Å². The van der Waals surface area contributed by atoms with Gasteiger partial charge in [0.25, 0.3) is 0 Å². The molecule has 3 N–H and O–H groups in total. The van der Waals surface area contributed by atoms with Crippen LogP contribution in [0.5, 0.6) is 0 Å². The molecule has 0 spiro atoms. The molecule has 0 bridgehead atoms. The van der Waals surface area contributed by atoms with Crippen LogP contribution in [0.1, 0.15) is 41.0 Å². The normalized spacial score (nSPS) is 19.1. The summed E-state index contributed by atoms with van der Waals surface area (Å²) in [6, 6.07) is -0.364. The Morgan fingerprint density at radius 3 is 2.33 bits per heavy atom. The fourth-order valence-electron chi connectivity index (χ4n) is 1.89. The smallest absolute Gasteiger partial charge is 0.243 e. The second kappa shape index (κ2) is 7.70. The predicted octanol–water partition coefficient (Wildman–Crippen LogP) is 1.60. The molecule has 124 valence electrons. The number of rotatable bonds is 4. The Hall–Kier alpha value is -0.460. The van der Waals surface area contributed by atoms with Crippen molar-refractivity contribution < 1.29 is 9.59 Å². The third-order valence-electron chi connectivity index (χ3n) is 2.91. The summed E-state index contributed by atoms with van der Waals surface area (Å²) >= 11 is 1.62. The highest BCUT2D eigenvalue weighted by atomic mass is 35.5. The summed E-state index contributed by atoms with van der Waals surface area (Å²) in [5, 5.41) is 2.84. The first kappa shape index (κ1) is 20.5. The Labute approximate surface area is 138 Å². The van der Waals surface area contributed by atoms with E-state index in [0.29, 0.717) is 24.6 Å². The zero-order chi connectivity index (χ0) is 15.6. The molecular weight excluding hydrogens is 310 g/mol. The molecule has 1 fully saturated rings. The van der Waals surface area contributed by atoms with E-state index in [1.165, 1.54) is 0 Å². The van der Waals surface area contributed by atoms with Gasteiger partial charge >= 0.3 is 0 Å². The van der Waals surface area contributed by atoms with Crippen molar-refractivity contribution in [1.29, 1.82) is 0 Å². The standard InChI is InChI=1S/C14H27N3O2S.ClH/c1-13(2,3)6-11(18)17-9-20-7-10(17)12(19)16-8-14(4,5)15;/h10H,6-9,15H2,1-5H3,(H,16,19);1H. The number of amides is 2. The van der Waals surface area contributed by atoms with Crippen LogP contribution in [0.25, 0.3) is 0 Å². The van der Waals surface area contributed by atoms with Gasteiger partial charge in [0.15, 0.2) is 0 Å². The van der Waals surface area contributed by atoms with Gasteiger partial charge in [0.05, 0.1) is 5.88 Å². The van der Waals surface area contributed by atoms with Crippen LogP contribution in [0, 0.1) is 5.41 Å². The monoisotopic (exact) mass is 337 g/mol. The lowest BCUT2D eigenvalue weighted by atomic mass is 9.91. The second-order valence-electron chi connectivity index (χ2n) is 7.32. The lowest BCUT2D eigenvalue weighted by molar-refractivity contribution is -0.139. The molecule has 7 heteroatoms. The Morgan fingerprint density at radius 2 is 1.86 bits per heavy atom. The predicted molar refractivity (Wildman–Crippen MR) is 90.6 cm³/mol. The van der Waals surface area contributed by atoms with Crippen LogP contribution in [0.4, 0.5) is 0 Å². The maximum Gasteiger partial charge on any atom is 0.243 e. The molecule has 1 aliphatic heterocycles. The number of nitrogens with zero attached hydrogens (tertiary/aromatic N) is 1. The summed E-state index contributed by atoms with van der Waals surface area (Å²) in [6.07, 6.45) is 0.458. The average molecular weight is 338 g/mol. The number of nitrogens with two attached hydrogens (primary N) is 1. The van der Waals surface area contributed by atoms with E-state index >= 15 is 0 Å². The third kappa shape index (κ3) is 7.38. The van der Waals surface area contributed by atoms with Crippen LogP contribution >= 0.6 is 24.2 Å². The SMILES string of the molecule is CC(C)(C)CC(=O)N1CSCC1C(=O)NCC(C)(C)N.Cl. The lowest BCUT2D eigenvalue weighted by Crippen LogP contribution is -2.52. The fraction of sp³-hybridized carbons (Fsp3) is 0.857. The molecule has 0 aliphatic carbocycles. The third-order valence-corrected chi connectivity index (χ3v) is 3.92. The van der Waals surface area contributed by atoms with Crippen LogP contribution in [0.3, 0.4) is 0 Å². The van der Waals surface area contributed by atoms with Crippen molar-refractivity contribution in [3.8, 4) is 0 Å². The number of hydrogen-bond donors (Lipinski definition) is 2. The summed E-state index contributed by atoms with van der Waals surface area (Å²) in [7, 11) is 0. The minimum absolute atomic E-state index is 0. The van der Waals surface area contributed by atoms with Crippen molar-refractivity contribution >= 4 is 36.0 Å². The highest BCUT2D eigenvalue weighted by molar-refractivity contribution is 7.99. The van der Waals surface area contributed by atoms with Gasteiger partial charge in [-0.05, 0) is 19.3 Å². The van der Waals surface area contributed by atoms with E-state index in [-0.39, 0.29) is 35.7 Å². The molecule has 5 nitrogen and oxygen atoms in total. The number of thioether (sulfide) groups is 1. The quantitative estimate of drug-likeness (QED) is 0.817. The van der Waals surface area contributed by atoms with Gasteiger partial charge in [-0.3, -0.25) is 9.59 Å². The van der Waals surface area contributed by atoms with E-state index in [2.05, 4.69) is 5.32 Å². The number of halogens is 1. The van der Waals surface area contributed by atoms with E-state index in [9.17, 15) is 9.59 Å². The van der Waals surface area contributed by atoms with Crippen molar-refractivity contribution in [1.82, 2.24) is 10.2 Å². The van der Waals surface area contributed by atoms with Gasteiger partial charge in [-0.25, -0.2) is 0 Å². The maximum atomic E-state index is 12.3. The van der Waals surface area contributed by atoms with E-state index < -0.39 is 5.54 Å². The second-order valence-corrected chi connectivity index (χ2v) is 8.32. The van der Waals surface area contributed by atoms with Crippen molar-refractivity contribution in [2.45, 2.75) is 52.6 Å². The number of nitrogens with one attached hydrogen (secondary N) is 1. The number of carbonyl (C=O) groups is 2.